The second-order valence-corrected chi connectivity index (χ2v) is 7.97. The Hall–Kier alpha value is -1.85. The molecule has 0 spiro atoms. The molecule has 0 atom stereocenters. The van der Waals surface area contributed by atoms with E-state index in [0.717, 1.165) is 41.7 Å². The zero-order chi connectivity index (χ0) is 17.6. The standard InChI is InChI=1S/C20H23N3S2/c1-4-6-18-12-17(14-24-18)19-21-22-20(23(19)11-5-2)25-13-16-9-7-15(3)8-10-16/h5,7-10,12,14H,2,4,6,11,13H2,1,3H3. The lowest BCUT2D eigenvalue weighted by Crippen LogP contribution is -2.00. The van der Waals surface area contributed by atoms with Crippen molar-refractivity contribution in [2.24, 2.45) is 0 Å². The molecule has 0 radical (unpaired) electrons. The lowest BCUT2D eigenvalue weighted by Gasteiger charge is -2.07. The highest BCUT2D eigenvalue weighted by Gasteiger charge is 2.15. The number of thiophene rings is 1. The van der Waals surface area contributed by atoms with Gasteiger partial charge < -0.3 is 0 Å². The summed E-state index contributed by atoms with van der Waals surface area (Å²) < 4.78 is 2.16. The first-order valence-corrected chi connectivity index (χ1v) is 10.4. The van der Waals surface area contributed by atoms with Gasteiger partial charge in [-0.1, -0.05) is 61.0 Å². The van der Waals surface area contributed by atoms with Crippen LogP contribution < -0.4 is 0 Å². The molecule has 0 fully saturated rings. The molecule has 2 heterocycles. The van der Waals surface area contributed by atoms with Gasteiger partial charge in [0.05, 0.1) is 0 Å². The first-order chi connectivity index (χ1) is 12.2. The van der Waals surface area contributed by atoms with Gasteiger partial charge in [-0.3, -0.25) is 4.57 Å². The summed E-state index contributed by atoms with van der Waals surface area (Å²) in [6, 6.07) is 10.9. The predicted molar refractivity (Wildman–Crippen MR) is 108 cm³/mol. The lowest BCUT2D eigenvalue weighted by molar-refractivity contribution is 0.731. The number of aryl methyl sites for hydroxylation is 2. The predicted octanol–water partition coefficient (Wildman–Crippen LogP) is 5.75. The molecule has 0 amide bonds. The van der Waals surface area contributed by atoms with Gasteiger partial charge in [-0.25, -0.2) is 0 Å². The Labute approximate surface area is 157 Å². The van der Waals surface area contributed by atoms with E-state index in [0.29, 0.717) is 0 Å². The number of hydrogen-bond acceptors (Lipinski definition) is 4. The van der Waals surface area contributed by atoms with Crippen LogP contribution in [-0.2, 0) is 18.7 Å². The fraction of sp³-hybridized carbons (Fsp3) is 0.300. The molecular formula is C20H23N3S2. The van der Waals surface area contributed by atoms with E-state index in [1.807, 2.05) is 6.08 Å². The van der Waals surface area contributed by atoms with Gasteiger partial charge >= 0.3 is 0 Å². The average molecular weight is 370 g/mol. The molecule has 25 heavy (non-hydrogen) atoms. The summed E-state index contributed by atoms with van der Waals surface area (Å²) in [5, 5.41) is 12.0. The molecular weight excluding hydrogens is 346 g/mol. The number of benzene rings is 1. The Balaban J connectivity index is 1.80. The van der Waals surface area contributed by atoms with Crippen LogP contribution in [0.15, 0.2) is 53.5 Å². The third-order valence-corrected chi connectivity index (χ3v) is 5.96. The Morgan fingerprint density at radius 3 is 2.76 bits per heavy atom. The van der Waals surface area contributed by atoms with Crippen molar-refractivity contribution in [1.82, 2.24) is 14.8 Å². The normalized spacial score (nSPS) is 11.0. The second kappa shape index (κ2) is 8.50. The van der Waals surface area contributed by atoms with Crippen LogP contribution in [0.25, 0.3) is 11.4 Å². The SMILES string of the molecule is C=CCn1c(SCc2ccc(C)cc2)nnc1-c1csc(CCC)c1. The molecule has 3 nitrogen and oxygen atoms in total. The van der Waals surface area contributed by atoms with Crippen molar-refractivity contribution in [3.05, 3.63) is 64.4 Å². The van der Waals surface area contributed by atoms with Gasteiger partial charge in [0.15, 0.2) is 11.0 Å². The average Bonchev–Trinajstić information content (AvgIpc) is 3.22. The van der Waals surface area contributed by atoms with Crippen LogP contribution in [-0.4, -0.2) is 14.8 Å². The first kappa shape index (κ1) is 18.0. The molecule has 3 rings (SSSR count). The Morgan fingerprint density at radius 2 is 2.04 bits per heavy atom. The Kier molecular flexibility index (Phi) is 6.10. The number of aromatic nitrogens is 3. The second-order valence-electron chi connectivity index (χ2n) is 6.03. The molecule has 0 aliphatic heterocycles. The van der Waals surface area contributed by atoms with Crippen molar-refractivity contribution in [3.63, 3.8) is 0 Å². The van der Waals surface area contributed by atoms with Crippen LogP contribution in [0.5, 0.6) is 0 Å². The molecule has 3 aromatic rings. The quantitative estimate of drug-likeness (QED) is 0.374. The van der Waals surface area contributed by atoms with Gasteiger partial charge in [0.2, 0.25) is 0 Å². The fourth-order valence-corrected chi connectivity index (χ4v) is 4.48. The molecule has 2 aromatic heterocycles. The fourth-order valence-electron chi connectivity index (χ4n) is 2.61. The van der Waals surface area contributed by atoms with Crippen LogP contribution in [0, 0.1) is 6.92 Å². The van der Waals surface area contributed by atoms with Crippen LogP contribution in [0.4, 0.5) is 0 Å². The minimum Gasteiger partial charge on any atom is -0.298 e. The monoisotopic (exact) mass is 369 g/mol. The smallest absolute Gasteiger partial charge is 0.192 e. The largest absolute Gasteiger partial charge is 0.298 e. The van der Waals surface area contributed by atoms with E-state index in [1.54, 1.807) is 23.1 Å². The first-order valence-electron chi connectivity index (χ1n) is 8.51. The third kappa shape index (κ3) is 4.41. The number of nitrogens with zero attached hydrogens (tertiary/aromatic N) is 3. The molecule has 0 aliphatic carbocycles. The van der Waals surface area contributed by atoms with Crippen molar-refractivity contribution in [1.29, 1.82) is 0 Å². The van der Waals surface area contributed by atoms with Gasteiger partial charge in [-0.05, 0) is 25.0 Å². The lowest BCUT2D eigenvalue weighted by atomic mass is 10.2. The number of rotatable bonds is 8. The highest BCUT2D eigenvalue weighted by Crippen LogP contribution is 2.29. The van der Waals surface area contributed by atoms with Gasteiger partial charge in [-0.15, -0.1) is 28.1 Å². The maximum absolute atomic E-state index is 4.46. The minimum atomic E-state index is 0.720. The van der Waals surface area contributed by atoms with E-state index < -0.39 is 0 Å². The van der Waals surface area contributed by atoms with Crippen LogP contribution in [0.3, 0.4) is 0 Å². The molecule has 0 saturated carbocycles. The Bertz CT molecular complexity index is 831. The number of hydrogen-bond donors (Lipinski definition) is 0. The van der Waals surface area contributed by atoms with Crippen LogP contribution >= 0.6 is 23.1 Å². The van der Waals surface area contributed by atoms with Gasteiger partial charge in [0.1, 0.15) is 0 Å². The Morgan fingerprint density at radius 1 is 1.24 bits per heavy atom. The molecule has 130 valence electrons. The van der Waals surface area contributed by atoms with Gasteiger partial charge in [0, 0.05) is 28.1 Å². The summed E-state index contributed by atoms with van der Waals surface area (Å²) in [5.74, 6) is 1.82. The topological polar surface area (TPSA) is 30.7 Å². The van der Waals surface area contributed by atoms with E-state index in [4.69, 9.17) is 0 Å². The molecule has 5 heteroatoms. The zero-order valence-corrected chi connectivity index (χ0v) is 16.4. The van der Waals surface area contributed by atoms with Crippen molar-refractivity contribution in [3.8, 4) is 11.4 Å². The number of thioether (sulfide) groups is 1. The van der Waals surface area contributed by atoms with E-state index in [1.165, 1.54) is 16.0 Å². The zero-order valence-electron chi connectivity index (χ0n) is 14.7. The summed E-state index contributed by atoms with van der Waals surface area (Å²) >= 11 is 3.53. The highest BCUT2D eigenvalue weighted by atomic mass is 32.2. The molecule has 0 bridgehead atoms. The van der Waals surface area contributed by atoms with Gasteiger partial charge in [0.25, 0.3) is 0 Å². The molecule has 0 aliphatic rings. The van der Waals surface area contributed by atoms with Gasteiger partial charge in [-0.2, -0.15) is 0 Å². The third-order valence-electron chi connectivity index (χ3n) is 3.93. The van der Waals surface area contributed by atoms with Crippen LogP contribution in [0.2, 0.25) is 0 Å². The van der Waals surface area contributed by atoms with Crippen molar-refractivity contribution < 1.29 is 0 Å². The van der Waals surface area contributed by atoms with Crippen LogP contribution in [0.1, 0.15) is 29.3 Å². The summed E-state index contributed by atoms with van der Waals surface area (Å²) in [6.45, 7) is 8.93. The van der Waals surface area contributed by atoms with Crippen molar-refractivity contribution >= 4 is 23.1 Å². The summed E-state index contributed by atoms with van der Waals surface area (Å²) in [6.07, 6.45) is 4.19. The molecule has 0 N–H and O–H groups in total. The molecule has 1 aromatic carbocycles. The van der Waals surface area contributed by atoms with E-state index in [9.17, 15) is 0 Å². The summed E-state index contributed by atoms with van der Waals surface area (Å²) in [5.41, 5.74) is 3.74. The maximum atomic E-state index is 4.46. The summed E-state index contributed by atoms with van der Waals surface area (Å²) in [7, 11) is 0. The summed E-state index contributed by atoms with van der Waals surface area (Å²) in [4.78, 5) is 1.40. The van der Waals surface area contributed by atoms with Crippen molar-refractivity contribution in [2.75, 3.05) is 0 Å². The van der Waals surface area contributed by atoms with E-state index in [2.05, 4.69) is 70.9 Å². The van der Waals surface area contributed by atoms with Crippen molar-refractivity contribution in [2.45, 2.75) is 44.1 Å². The van der Waals surface area contributed by atoms with E-state index in [-0.39, 0.29) is 0 Å². The minimum absolute atomic E-state index is 0.720. The maximum Gasteiger partial charge on any atom is 0.192 e. The highest BCUT2D eigenvalue weighted by molar-refractivity contribution is 7.98. The van der Waals surface area contributed by atoms with E-state index >= 15 is 0 Å². The number of allylic oxidation sites excluding steroid dienone is 1. The molecule has 0 saturated heterocycles. The molecule has 0 unspecified atom stereocenters.